The van der Waals surface area contributed by atoms with Crippen LogP contribution < -0.4 is 5.32 Å². The molecule has 1 saturated carbocycles. The maximum atomic E-state index is 13.2. The van der Waals surface area contributed by atoms with E-state index in [0.29, 0.717) is 11.6 Å². The van der Waals surface area contributed by atoms with Crippen LogP contribution in [0.4, 0.5) is 23.2 Å². The molecular weight excluding hydrogens is 270 g/mol. The van der Waals surface area contributed by atoms with Crippen molar-refractivity contribution in [2.75, 3.05) is 5.32 Å². The predicted octanol–water partition coefficient (Wildman–Crippen LogP) is 5.08. The van der Waals surface area contributed by atoms with Gasteiger partial charge in [-0.25, -0.2) is 4.39 Å². The lowest BCUT2D eigenvalue weighted by Crippen LogP contribution is -2.23. The van der Waals surface area contributed by atoms with Crippen LogP contribution in [0.1, 0.15) is 39.2 Å². The molecular formula is C15H19F4N. The zero-order valence-corrected chi connectivity index (χ0v) is 11.8. The van der Waals surface area contributed by atoms with Crippen LogP contribution in [0.3, 0.4) is 0 Å². The van der Waals surface area contributed by atoms with E-state index in [4.69, 9.17) is 0 Å². The number of anilines is 1. The van der Waals surface area contributed by atoms with Crippen molar-refractivity contribution in [2.45, 2.75) is 45.8 Å². The normalized spacial score (nSPS) is 25.8. The molecule has 1 aromatic rings. The highest BCUT2D eigenvalue weighted by Crippen LogP contribution is 2.42. The van der Waals surface area contributed by atoms with Crippen LogP contribution in [0.5, 0.6) is 0 Å². The van der Waals surface area contributed by atoms with E-state index in [2.05, 4.69) is 26.1 Å². The Bertz CT molecular complexity index is 493. The van der Waals surface area contributed by atoms with Gasteiger partial charge in [-0.15, -0.1) is 0 Å². The van der Waals surface area contributed by atoms with Crippen LogP contribution in [0.15, 0.2) is 18.2 Å². The number of hydrogen-bond acceptors (Lipinski definition) is 1. The number of halogens is 4. The van der Waals surface area contributed by atoms with Crippen molar-refractivity contribution in [1.82, 2.24) is 0 Å². The molecule has 0 radical (unpaired) electrons. The molecule has 1 nitrogen and oxygen atoms in total. The minimum atomic E-state index is -4.66. The fraction of sp³-hybridized carbons (Fsp3) is 0.600. The molecule has 112 valence electrons. The Morgan fingerprint density at radius 1 is 1.20 bits per heavy atom. The van der Waals surface area contributed by atoms with E-state index in [-0.39, 0.29) is 11.5 Å². The summed E-state index contributed by atoms with van der Waals surface area (Å²) in [4.78, 5) is 0. The number of nitrogens with one attached hydrogen (secondary N) is 1. The first-order chi connectivity index (χ1) is 9.08. The molecule has 2 unspecified atom stereocenters. The van der Waals surface area contributed by atoms with Gasteiger partial charge in [-0.3, -0.25) is 0 Å². The second-order valence-electron chi connectivity index (χ2n) is 6.49. The summed E-state index contributed by atoms with van der Waals surface area (Å²) in [6.07, 6.45) is -2.74. The van der Waals surface area contributed by atoms with Gasteiger partial charge < -0.3 is 5.32 Å². The van der Waals surface area contributed by atoms with Crippen molar-refractivity contribution in [2.24, 2.45) is 11.3 Å². The summed E-state index contributed by atoms with van der Waals surface area (Å²) in [5.74, 6) is -0.854. The number of alkyl halides is 3. The van der Waals surface area contributed by atoms with E-state index < -0.39 is 17.6 Å². The van der Waals surface area contributed by atoms with E-state index >= 15 is 0 Å². The molecule has 0 spiro atoms. The molecule has 1 N–H and O–H groups in total. The third kappa shape index (κ3) is 3.25. The lowest BCUT2D eigenvalue weighted by molar-refractivity contribution is -0.139. The predicted molar refractivity (Wildman–Crippen MR) is 71.0 cm³/mol. The third-order valence-corrected chi connectivity index (χ3v) is 3.96. The van der Waals surface area contributed by atoms with Crippen molar-refractivity contribution < 1.29 is 17.6 Å². The van der Waals surface area contributed by atoms with Gasteiger partial charge in [0.1, 0.15) is 5.82 Å². The highest BCUT2D eigenvalue weighted by Gasteiger charge is 2.37. The number of benzene rings is 1. The van der Waals surface area contributed by atoms with Gasteiger partial charge in [-0.1, -0.05) is 20.8 Å². The molecule has 1 fully saturated rings. The molecule has 2 rings (SSSR count). The summed E-state index contributed by atoms with van der Waals surface area (Å²) in [6.45, 7) is 6.38. The van der Waals surface area contributed by atoms with Gasteiger partial charge in [-0.05, 0) is 42.4 Å². The maximum Gasteiger partial charge on any atom is 0.419 e. The third-order valence-electron chi connectivity index (χ3n) is 3.96. The standard InChI is InChI=1S/C15H19F4N/c1-9-7-14(2,3)8-13(9)20-10-4-5-12(16)11(6-10)15(17,18)19/h4-6,9,13,20H,7-8H2,1-3H3. The van der Waals surface area contributed by atoms with Gasteiger partial charge in [0, 0.05) is 11.7 Å². The van der Waals surface area contributed by atoms with E-state index in [0.717, 1.165) is 25.0 Å². The Morgan fingerprint density at radius 2 is 1.85 bits per heavy atom. The fourth-order valence-electron chi connectivity index (χ4n) is 3.13. The van der Waals surface area contributed by atoms with Gasteiger partial charge in [0.25, 0.3) is 0 Å². The first-order valence-corrected chi connectivity index (χ1v) is 6.72. The summed E-state index contributed by atoms with van der Waals surface area (Å²) in [5, 5.41) is 3.12. The molecule has 0 bridgehead atoms. The van der Waals surface area contributed by atoms with Crippen LogP contribution in [0.25, 0.3) is 0 Å². The minimum Gasteiger partial charge on any atom is -0.382 e. The van der Waals surface area contributed by atoms with Crippen LogP contribution in [-0.2, 0) is 6.18 Å². The maximum absolute atomic E-state index is 13.2. The Morgan fingerprint density at radius 3 is 2.35 bits per heavy atom. The van der Waals surface area contributed by atoms with Crippen LogP contribution in [0, 0.1) is 17.2 Å². The van der Waals surface area contributed by atoms with E-state index in [1.165, 1.54) is 6.07 Å². The first kappa shape index (κ1) is 15.1. The minimum absolute atomic E-state index is 0.122. The zero-order valence-electron chi connectivity index (χ0n) is 11.8. The second kappa shape index (κ2) is 4.93. The molecule has 1 aromatic carbocycles. The largest absolute Gasteiger partial charge is 0.419 e. The van der Waals surface area contributed by atoms with Gasteiger partial charge >= 0.3 is 6.18 Å². The van der Waals surface area contributed by atoms with Gasteiger partial charge in [-0.2, -0.15) is 13.2 Å². The highest BCUT2D eigenvalue weighted by molar-refractivity contribution is 5.48. The van der Waals surface area contributed by atoms with E-state index in [1.807, 2.05) is 0 Å². The summed E-state index contributed by atoms with van der Waals surface area (Å²) in [6, 6.07) is 3.21. The highest BCUT2D eigenvalue weighted by atomic mass is 19.4. The average molecular weight is 289 g/mol. The molecule has 20 heavy (non-hydrogen) atoms. The summed E-state index contributed by atoms with van der Waals surface area (Å²) in [7, 11) is 0. The monoisotopic (exact) mass is 289 g/mol. The van der Waals surface area contributed by atoms with E-state index in [1.54, 1.807) is 0 Å². The SMILES string of the molecule is CC1CC(C)(C)CC1Nc1ccc(F)c(C(F)(F)F)c1. The van der Waals surface area contributed by atoms with Crippen molar-refractivity contribution in [1.29, 1.82) is 0 Å². The molecule has 0 aromatic heterocycles. The quantitative estimate of drug-likeness (QED) is 0.748. The van der Waals surface area contributed by atoms with Crippen molar-refractivity contribution in [3.8, 4) is 0 Å². The Hall–Kier alpha value is -1.26. The topological polar surface area (TPSA) is 12.0 Å². The summed E-state index contributed by atoms with van der Waals surface area (Å²) >= 11 is 0. The second-order valence-corrected chi connectivity index (χ2v) is 6.49. The van der Waals surface area contributed by atoms with Crippen molar-refractivity contribution in [3.63, 3.8) is 0 Å². The molecule has 1 aliphatic rings. The molecule has 0 amide bonds. The fourth-order valence-corrected chi connectivity index (χ4v) is 3.13. The average Bonchev–Trinajstić information content (AvgIpc) is 2.53. The lowest BCUT2D eigenvalue weighted by atomic mass is 9.91. The van der Waals surface area contributed by atoms with Crippen molar-refractivity contribution in [3.05, 3.63) is 29.6 Å². The smallest absolute Gasteiger partial charge is 0.382 e. The molecule has 1 aliphatic carbocycles. The van der Waals surface area contributed by atoms with Gasteiger partial charge in [0.2, 0.25) is 0 Å². The first-order valence-electron chi connectivity index (χ1n) is 6.72. The van der Waals surface area contributed by atoms with E-state index in [9.17, 15) is 17.6 Å². The Balaban J connectivity index is 2.19. The molecule has 0 aliphatic heterocycles. The summed E-state index contributed by atoms with van der Waals surface area (Å²) < 4.78 is 51.3. The van der Waals surface area contributed by atoms with Gasteiger partial charge in [0.05, 0.1) is 5.56 Å². The molecule has 2 atom stereocenters. The lowest BCUT2D eigenvalue weighted by Gasteiger charge is -2.20. The molecule has 5 heteroatoms. The van der Waals surface area contributed by atoms with Crippen LogP contribution >= 0.6 is 0 Å². The van der Waals surface area contributed by atoms with Crippen LogP contribution in [0.2, 0.25) is 0 Å². The zero-order chi connectivity index (χ0) is 15.1. The number of rotatable bonds is 2. The summed E-state index contributed by atoms with van der Waals surface area (Å²) in [5.41, 5.74) is -0.704. The van der Waals surface area contributed by atoms with Gasteiger partial charge in [0.15, 0.2) is 0 Å². The Labute approximate surface area is 116 Å². The molecule has 0 heterocycles. The number of hydrogen-bond donors (Lipinski definition) is 1. The van der Waals surface area contributed by atoms with Crippen LogP contribution in [-0.4, -0.2) is 6.04 Å². The Kier molecular flexibility index (Phi) is 3.73. The molecule has 0 saturated heterocycles. The van der Waals surface area contributed by atoms with Crippen molar-refractivity contribution >= 4 is 5.69 Å².